The predicted octanol–water partition coefficient (Wildman–Crippen LogP) is 2.79. The number of anilines is 2. The van der Waals surface area contributed by atoms with Gasteiger partial charge in [0.1, 0.15) is 0 Å². The number of carbonyl (C=O) groups is 1. The molecule has 98 valence electrons. The number of amides is 1. The monoisotopic (exact) mass is 255 g/mol. The van der Waals surface area contributed by atoms with Crippen LogP contribution in [0.15, 0.2) is 36.7 Å². The minimum Gasteiger partial charge on any atom is -0.399 e. The highest BCUT2D eigenvalue weighted by Gasteiger charge is 2.11. The number of benzene rings is 1. The van der Waals surface area contributed by atoms with Gasteiger partial charge < -0.3 is 11.1 Å². The van der Waals surface area contributed by atoms with E-state index in [-0.39, 0.29) is 5.91 Å². The third-order valence-electron chi connectivity index (χ3n) is 2.98. The van der Waals surface area contributed by atoms with Crippen LogP contribution in [0, 0.1) is 6.92 Å². The first-order valence-electron chi connectivity index (χ1n) is 6.22. The van der Waals surface area contributed by atoms with E-state index in [1.54, 1.807) is 24.5 Å². The number of nitrogens with two attached hydrogens (primary N) is 1. The average molecular weight is 255 g/mol. The van der Waals surface area contributed by atoms with Crippen molar-refractivity contribution in [3.8, 4) is 0 Å². The highest BCUT2D eigenvalue weighted by Crippen LogP contribution is 2.25. The molecule has 0 unspecified atom stereocenters. The van der Waals surface area contributed by atoms with E-state index in [2.05, 4.69) is 10.3 Å². The number of nitrogens with zero attached hydrogens (tertiary/aromatic N) is 1. The van der Waals surface area contributed by atoms with Crippen LogP contribution in [0.25, 0.3) is 0 Å². The number of aryl methyl sites for hydroxylation is 2. The molecule has 0 spiro atoms. The lowest BCUT2D eigenvalue weighted by molar-refractivity contribution is 0.102. The molecule has 0 aliphatic heterocycles. The fourth-order valence-electron chi connectivity index (χ4n) is 2.03. The summed E-state index contributed by atoms with van der Waals surface area (Å²) in [5, 5.41) is 2.94. The van der Waals surface area contributed by atoms with Gasteiger partial charge in [-0.25, -0.2) is 0 Å². The van der Waals surface area contributed by atoms with Gasteiger partial charge in [-0.2, -0.15) is 0 Å². The molecule has 2 rings (SSSR count). The molecule has 1 amide bonds. The molecule has 0 radical (unpaired) electrons. The molecule has 1 aromatic heterocycles. The van der Waals surface area contributed by atoms with Gasteiger partial charge in [0.15, 0.2) is 0 Å². The molecular formula is C15H17N3O. The van der Waals surface area contributed by atoms with Gasteiger partial charge in [-0.05, 0) is 48.7 Å². The van der Waals surface area contributed by atoms with Crippen molar-refractivity contribution in [3.05, 3.63) is 53.3 Å². The molecule has 4 heteroatoms. The summed E-state index contributed by atoms with van der Waals surface area (Å²) in [6.07, 6.45) is 4.00. The van der Waals surface area contributed by atoms with Crippen LogP contribution < -0.4 is 11.1 Å². The number of carbonyl (C=O) groups excluding carboxylic acids is 1. The third-order valence-corrected chi connectivity index (χ3v) is 2.98. The van der Waals surface area contributed by atoms with E-state index in [0.29, 0.717) is 11.3 Å². The lowest BCUT2D eigenvalue weighted by Crippen LogP contribution is -2.14. The average Bonchev–Trinajstić information content (AvgIpc) is 2.42. The van der Waals surface area contributed by atoms with Crippen molar-refractivity contribution in [2.75, 3.05) is 11.1 Å². The van der Waals surface area contributed by atoms with Crippen molar-refractivity contribution >= 4 is 17.3 Å². The Morgan fingerprint density at radius 1 is 1.42 bits per heavy atom. The number of hydrogen-bond acceptors (Lipinski definition) is 3. The number of aromatic nitrogens is 1. The molecule has 0 saturated heterocycles. The summed E-state index contributed by atoms with van der Waals surface area (Å²) in [7, 11) is 0. The molecule has 4 nitrogen and oxygen atoms in total. The van der Waals surface area contributed by atoms with Gasteiger partial charge in [0.25, 0.3) is 5.91 Å². The van der Waals surface area contributed by atoms with Crippen molar-refractivity contribution in [2.45, 2.75) is 20.3 Å². The van der Waals surface area contributed by atoms with Crippen molar-refractivity contribution in [1.82, 2.24) is 4.98 Å². The van der Waals surface area contributed by atoms with Crippen LogP contribution in [0.1, 0.15) is 28.4 Å². The Balaban J connectivity index is 2.31. The summed E-state index contributed by atoms with van der Waals surface area (Å²) < 4.78 is 0. The van der Waals surface area contributed by atoms with Crippen LogP contribution in [0.5, 0.6) is 0 Å². The molecule has 2 aromatic rings. The number of nitrogens with one attached hydrogen (secondary N) is 1. The largest absolute Gasteiger partial charge is 0.399 e. The van der Waals surface area contributed by atoms with E-state index in [9.17, 15) is 4.79 Å². The van der Waals surface area contributed by atoms with Gasteiger partial charge in [-0.1, -0.05) is 6.92 Å². The van der Waals surface area contributed by atoms with Crippen LogP contribution in [0.3, 0.4) is 0 Å². The van der Waals surface area contributed by atoms with E-state index in [4.69, 9.17) is 5.73 Å². The molecule has 0 atom stereocenters. The van der Waals surface area contributed by atoms with Crippen molar-refractivity contribution < 1.29 is 4.79 Å². The standard InChI is InChI=1S/C15H17N3O/c1-3-11-8-13(16)7-10(2)14(11)18-15(19)12-5-4-6-17-9-12/h4-9H,3,16H2,1-2H3,(H,18,19). The first-order chi connectivity index (χ1) is 9.11. The normalized spacial score (nSPS) is 10.2. The summed E-state index contributed by atoms with van der Waals surface area (Å²) in [5.41, 5.74) is 9.92. The summed E-state index contributed by atoms with van der Waals surface area (Å²) >= 11 is 0. The van der Waals surface area contributed by atoms with Crippen molar-refractivity contribution in [2.24, 2.45) is 0 Å². The van der Waals surface area contributed by atoms with Crippen molar-refractivity contribution in [3.63, 3.8) is 0 Å². The minimum atomic E-state index is -0.157. The van der Waals surface area contributed by atoms with Crippen LogP contribution in [0.4, 0.5) is 11.4 Å². The SMILES string of the molecule is CCc1cc(N)cc(C)c1NC(=O)c1cccnc1. The molecule has 3 N–H and O–H groups in total. The second kappa shape index (κ2) is 5.52. The van der Waals surface area contributed by atoms with Gasteiger partial charge in [0.2, 0.25) is 0 Å². The molecule has 0 fully saturated rings. The molecular weight excluding hydrogens is 238 g/mol. The zero-order valence-corrected chi connectivity index (χ0v) is 11.1. The predicted molar refractivity (Wildman–Crippen MR) is 77.2 cm³/mol. The first kappa shape index (κ1) is 13.1. The fourth-order valence-corrected chi connectivity index (χ4v) is 2.03. The summed E-state index contributed by atoms with van der Waals surface area (Å²) in [4.78, 5) is 16.1. The first-order valence-corrected chi connectivity index (χ1v) is 6.22. The highest BCUT2D eigenvalue weighted by molar-refractivity contribution is 6.05. The Kier molecular flexibility index (Phi) is 3.80. The number of nitrogen functional groups attached to an aromatic ring is 1. The molecule has 0 bridgehead atoms. The zero-order chi connectivity index (χ0) is 13.8. The Morgan fingerprint density at radius 3 is 2.84 bits per heavy atom. The minimum absolute atomic E-state index is 0.157. The van der Waals surface area contributed by atoms with E-state index in [1.807, 2.05) is 26.0 Å². The van der Waals surface area contributed by atoms with Crippen LogP contribution in [-0.4, -0.2) is 10.9 Å². The molecule has 19 heavy (non-hydrogen) atoms. The van der Waals surface area contributed by atoms with E-state index in [1.165, 1.54) is 0 Å². The maximum Gasteiger partial charge on any atom is 0.257 e. The Hall–Kier alpha value is -2.36. The quantitative estimate of drug-likeness (QED) is 0.829. The van der Waals surface area contributed by atoms with Gasteiger partial charge in [-0.3, -0.25) is 9.78 Å². The van der Waals surface area contributed by atoms with E-state index in [0.717, 1.165) is 23.2 Å². The molecule has 0 saturated carbocycles. The van der Waals surface area contributed by atoms with Gasteiger partial charge in [0.05, 0.1) is 5.56 Å². The van der Waals surface area contributed by atoms with E-state index >= 15 is 0 Å². The topological polar surface area (TPSA) is 68.0 Å². The highest BCUT2D eigenvalue weighted by atomic mass is 16.1. The maximum atomic E-state index is 12.1. The van der Waals surface area contributed by atoms with E-state index < -0.39 is 0 Å². The third kappa shape index (κ3) is 2.91. The Morgan fingerprint density at radius 2 is 2.21 bits per heavy atom. The summed E-state index contributed by atoms with van der Waals surface area (Å²) in [5.74, 6) is -0.157. The zero-order valence-electron chi connectivity index (χ0n) is 11.1. The maximum absolute atomic E-state index is 12.1. The van der Waals surface area contributed by atoms with Crippen LogP contribution in [0.2, 0.25) is 0 Å². The number of hydrogen-bond donors (Lipinski definition) is 2. The second-order valence-electron chi connectivity index (χ2n) is 4.42. The Labute approximate surface area is 112 Å². The lowest BCUT2D eigenvalue weighted by Gasteiger charge is -2.14. The Bertz CT molecular complexity index is 594. The lowest BCUT2D eigenvalue weighted by atomic mass is 10.0. The smallest absolute Gasteiger partial charge is 0.257 e. The molecule has 1 heterocycles. The van der Waals surface area contributed by atoms with Crippen LogP contribution >= 0.6 is 0 Å². The van der Waals surface area contributed by atoms with Gasteiger partial charge in [-0.15, -0.1) is 0 Å². The second-order valence-corrected chi connectivity index (χ2v) is 4.42. The molecule has 1 aromatic carbocycles. The number of pyridine rings is 1. The summed E-state index contributed by atoms with van der Waals surface area (Å²) in [6.45, 7) is 3.97. The van der Waals surface area contributed by atoms with Gasteiger partial charge in [0, 0.05) is 23.8 Å². The summed E-state index contributed by atoms with van der Waals surface area (Å²) in [6, 6.07) is 7.23. The fraction of sp³-hybridized carbons (Fsp3) is 0.200. The van der Waals surface area contributed by atoms with Crippen LogP contribution in [-0.2, 0) is 6.42 Å². The van der Waals surface area contributed by atoms with Gasteiger partial charge >= 0.3 is 0 Å². The molecule has 0 aliphatic rings. The molecule has 0 aliphatic carbocycles. The number of rotatable bonds is 3. The van der Waals surface area contributed by atoms with Crippen molar-refractivity contribution in [1.29, 1.82) is 0 Å².